The number of rotatable bonds is 5. The van der Waals surface area contributed by atoms with Crippen LogP contribution in [0.4, 0.5) is 4.79 Å². The third-order valence-corrected chi connectivity index (χ3v) is 6.87. The van der Waals surface area contributed by atoms with Crippen LogP contribution in [-0.4, -0.2) is 61.2 Å². The quantitative estimate of drug-likeness (QED) is 0.396. The van der Waals surface area contributed by atoms with Crippen LogP contribution in [0.25, 0.3) is 33.5 Å². The Morgan fingerprint density at radius 3 is 2.69 bits per heavy atom. The van der Waals surface area contributed by atoms with Crippen molar-refractivity contribution in [1.29, 1.82) is 0 Å². The van der Waals surface area contributed by atoms with Gasteiger partial charge < -0.3 is 30.2 Å². The maximum Gasteiger partial charge on any atom is 0.404 e. The summed E-state index contributed by atoms with van der Waals surface area (Å²) in [5.74, 6) is -0.269. The Hall–Kier alpha value is -4.34. The number of carboxylic acid groups (broad SMARTS) is 1. The van der Waals surface area contributed by atoms with E-state index in [0.717, 1.165) is 23.1 Å². The molecule has 10 nitrogen and oxygen atoms in total. The van der Waals surface area contributed by atoms with E-state index in [1.165, 1.54) is 6.07 Å². The Kier molecular flexibility index (Phi) is 5.87. The third-order valence-electron chi connectivity index (χ3n) is 6.87. The molecule has 1 unspecified atom stereocenters. The lowest BCUT2D eigenvalue weighted by atomic mass is 10.0. The Balaban J connectivity index is 1.60. The second-order valence-corrected chi connectivity index (χ2v) is 9.12. The van der Waals surface area contributed by atoms with Crippen molar-refractivity contribution in [2.24, 2.45) is 12.8 Å². The smallest absolute Gasteiger partial charge is 0.404 e. The topological polar surface area (TPSA) is 135 Å². The first-order valence-corrected chi connectivity index (χ1v) is 12.0. The number of hydrogen-bond acceptors (Lipinski definition) is 4. The lowest BCUT2D eigenvalue weighted by Gasteiger charge is -2.32. The molecule has 0 radical (unpaired) electrons. The van der Waals surface area contributed by atoms with Gasteiger partial charge in [-0.05, 0) is 44.0 Å². The Morgan fingerprint density at radius 2 is 1.97 bits per heavy atom. The number of piperidine rings is 1. The molecule has 0 bridgehead atoms. The minimum Gasteiger partial charge on any atom is -0.465 e. The fraction of sp³-hybridized carbons (Fsp3) is 0.308. The number of carbonyl (C=O) groups excluding carboxylic acids is 2. The number of likely N-dealkylation sites (tertiary alicyclic amines) is 1. The van der Waals surface area contributed by atoms with Crippen molar-refractivity contribution in [1.82, 2.24) is 24.3 Å². The highest BCUT2D eigenvalue weighted by Gasteiger charge is 2.28. The summed E-state index contributed by atoms with van der Waals surface area (Å²) < 4.78 is 4.01. The molecule has 4 aromatic rings. The fourth-order valence-corrected chi connectivity index (χ4v) is 5.27. The summed E-state index contributed by atoms with van der Waals surface area (Å²) in [6.45, 7) is 3.57. The number of para-hydroxylation sites is 1. The number of imidazole rings is 1. The lowest BCUT2D eigenvalue weighted by molar-refractivity contribution is 0.0692. The van der Waals surface area contributed by atoms with Gasteiger partial charge in [-0.1, -0.05) is 18.2 Å². The van der Waals surface area contributed by atoms with E-state index in [0.29, 0.717) is 41.8 Å². The van der Waals surface area contributed by atoms with Crippen LogP contribution in [0.15, 0.2) is 42.5 Å². The van der Waals surface area contributed by atoms with Gasteiger partial charge in [-0.3, -0.25) is 9.59 Å². The van der Waals surface area contributed by atoms with Gasteiger partial charge in [-0.15, -0.1) is 0 Å². The molecule has 10 heteroatoms. The summed E-state index contributed by atoms with van der Waals surface area (Å²) in [7, 11) is 1.84. The normalized spacial score (nSPS) is 15.9. The molecule has 5 rings (SSSR count). The van der Waals surface area contributed by atoms with Gasteiger partial charge in [0.25, 0.3) is 11.8 Å². The van der Waals surface area contributed by atoms with Crippen molar-refractivity contribution >= 4 is 39.8 Å². The molecule has 2 aromatic heterocycles. The van der Waals surface area contributed by atoms with Crippen LogP contribution in [-0.2, 0) is 13.6 Å². The van der Waals surface area contributed by atoms with E-state index in [4.69, 9.17) is 15.8 Å². The summed E-state index contributed by atoms with van der Waals surface area (Å²) in [6, 6.07) is 13.0. The van der Waals surface area contributed by atoms with Crippen LogP contribution >= 0.6 is 0 Å². The molecule has 1 aliphatic rings. The summed E-state index contributed by atoms with van der Waals surface area (Å²) in [6.07, 6.45) is 0.227. The molecular weight excluding hydrogens is 460 g/mol. The van der Waals surface area contributed by atoms with Crippen LogP contribution in [0.5, 0.6) is 0 Å². The Morgan fingerprint density at radius 1 is 1.19 bits per heavy atom. The molecule has 3 heterocycles. The van der Waals surface area contributed by atoms with Crippen LogP contribution in [0.2, 0.25) is 0 Å². The molecule has 1 saturated heterocycles. The number of aromatic nitrogens is 3. The SMILES string of the molecule is CCn1c(-c2nc3cc(C(=O)N4CCCC(NC(=O)O)C4)cc(C(N)=O)c3n2C)cc2ccccc21. The number of carbonyl (C=O) groups is 3. The van der Waals surface area contributed by atoms with Gasteiger partial charge >= 0.3 is 6.09 Å². The van der Waals surface area contributed by atoms with Crippen LogP contribution in [0.1, 0.15) is 40.5 Å². The van der Waals surface area contributed by atoms with Crippen LogP contribution in [0.3, 0.4) is 0 Å². The molecule has 0 spiro atoms. The molecule has 0 aliphatic carbocycles. The molecule has 1 atom stereocenters. The van der Waals surface area contributed by atoms with Gasteiger partial charge in [0.15, 0.2) is 5.82 Å². The first-order chi connectivity index (χ1) is 17.3. The van der Waals surface area contributed by atoms with Gasteiger partial charge in [-0.2, -0.15) is 0 Å². The van der Waals surface area contributed by atoms with Crippen LogP contribution in [0, 0.1) is 0 Å². The molecule has 36 heavy (non-hydrogen) atoms. The van der Waals surface area contributed by atoms with Crippen molar-refractivity contribution < 1.29 is 19.5 Å². The van der Waals surface area contributed by atoms with E-state index in [1.807, 2.05) is 29.8 Å². The molecule has 2 aromatic carbocycles. The molecular formula is C26H28N6O4. The summed E-state index contributed by atoms with van der Waals surface area (Å²) in [5.41, 5.74) is 9.31. The predicted octanol–water partition coefficient (Wildman–Crippen LogP) is 3.19. The first-order valence-electron chi connectivity index (χ1n) is 12.0. The average Bonchev–Trinajstić information content (AvgIpc) is 3.39. The molecule has 1 aliphatic heterocycles. The second kappa shape index (κ2) is 9.03. The zero-order valence-corrected chi connectivity index (χ0v) is 20.2. The summed E-state index contributed by atoms with van der Waals surface area (Å²) in [5, 5.41) is 12.6. The second-order valence-electron chi connectivity index (χ2n) is 9.12. The van der Waals surface area contributed by atoms with Gasteiger partial charge in [0.1, 0.15) is 0 Å². The van der Waals surface area contributed by atoms with E-state index < -0.39 is 12.0 Å². The highest BCUT2D eigenvalue weighted by atomic mass is 16.4. The molecule has 186 valence electrons. The zero-order chi connectivity index (χ0) is 25.6. The Labute approximate surface area is 207 Å². The van der Waals surface area contributed by atoms with E-state index in [1.54, 1.807) is 11.0 Å². The van der Waals surface area contributed by atoms with Crippen molar-refractivity contribution in [3.8, 4) is 11.5 Å². The number of hydrogen-bond donors (Lipinski definition) is 3. The highest BCUT2D eigenvalue weighted by Crippen LogP contribution is 2.32. The number of fused-ring (bicyclic) bond motifs is 2. The van der Waals surface area contributed by atoms with Crippen molar-refractivity contribution in [2.75, 3.05) is 13.1 Å². The van der Waals surface area contributed by atoms with Gasteiger partial charge in [0.2, 0.25) is 0 Å². The third kappa shape index (κ3) is 3.94. The number of nitrogens with zero attached hydrogens (tertiary/aromatic N) is 4. The number of primary amides is 1. The van der Waals surface area contributed by atoms with Crippen LogP contribution < -0.4 is 11.1 Å². The lowest BCUT2D eigenvalue weighted by Crippen LogP contribution is -2.49. The van der Waals surface area contributed by atoms with Crippen molar-refractivity contribution in [2.45, 2.75) is 32.4 Å². The fourth-order valence-electron chi connectivity index (χ4n) is 5.27. The Bertz CT molecular complexity index is 1520. The maximum atomic E-state index is 13.4. The first kappa shape index (κ1) is 23.4. The number of aryl methyl sites for hydroxylation is 2. The predicted molar refractivity (Wildman–Crippen MR) is 136 cm³/mol. The largest absolute Gasteiger partial charge is 0.465 e. The number of amides is 3. The molecule has 0 saturated carbocycles. The highest BCUT2D eigenvalue weighted by molar-refractivity contribution is 6.09. The number of nitrogens with one attached hydrogen (secondary N) is 1. The zero-order valence-electron chi connectivity index (χ0n) is 20.2. The minimum atomic E-state index is -1.11. The van der Waals surface area contributed by atoms with E-state index in [9.17, 15) is 14.4 Å². The molecule has 1 fully saturated rings. The van der Waals surface area contributed by atoms with E-state index >= 15 is 0 Å². The average molecular weight is 489 g/mol. The van der Waals surface area contributed by atoms with Gasteiger partial charge in [0.05, 0.1) is 22.3 Å². The summed E-state index contributed by atoms with van der Waals surface area (Å²) >= 11 is 0. The van der Waals surface area contributed by atoms with Gasteiger partial charge in [0, 0.05) is 49.2 Å². The standard InChI is InChI=1S/C26H28N6O4/c1-3-32-20-9-5-4-7-15(20)13-21(32)24-29-19-12-16(11-18(23(27)33)22(19)30(24)2)25(34)31-10-6-8-17(14-31)28-26(35)36/h4-5,7,9,11-13,17,28H,3,6,8,10,14H2,1-2H3,(H2,27,33)(H,35,36). The van der Waals surface area contributed by atoms with Crippen molar-refractivity contribution in [3.05, 3.63) is 53.6 Å². The molecule has 4 N–H and O–H groups in total. The van der Waals surface area contributed by atoms with E-state index in [-0.39, 0.29) is 24.1 Å². The maximum absolute atomic E-state index is 13.4. The van der Waals surface area contributed by atoms with E-state index in [2.05, 4.69) is 28.9 Å². The molecule has 3 amide bonds. The summed E-state index contributed by atoms with van der Waals surface area (Å²) in [4.78, 5) is 43.4. The minimum absolute atomic E-state index is 0.216. The van der Waals surface area contributed by atoms with Crippen molar-refractivity contribution in [3.63, 3.8) is 0 Å². The van der Waals surface area contributed by atoms with Gasteiger partial charge in [-0.25, -0.2) is 9.78 Å². The number of nitrogens with two attached hydrogens (primary N) is 1. The monoisotopic (exact) mass is 488 g/mol. The number of benzene rings is 2.